The van der Waals surface area contributed by atoms with Crippen LogP contribution >= 0.6 is 0 Å². The molecule has 0 saturated heterocycles. The fraction of sp³-hybridized carbons (Fsp3) is 0.500. The first-order valence-corrected chi connectivity index (χ1v) is 4.00. The quantitative estimate of drug-likeness (QED) is 0.534. The second-order valence-electron chi connectivity index (χ2n) is 2.93. The minimum Gasteiger partial charge on any atom is -0.360 e. The van der Waals surface area contributed by atoms with Gasteiger partial charge in [-0.25, -0.2) is 0 Å². The number of hydrogen-bond acceptors (Lipinski definition) is 2. The van der Waals surface area contributed by atoms with E-state index < -0.39 is 0 Å². The van der Waals surface area contributed by atoms with E-state index in [1.807, 2.05) is 0 Å². The first kappa shape index (κ1) is 6.88. The molecule has 3 nitrogen and oxygen atoms in total. The average Bonchev–Trinajstić information content (AvgIpc) is 2.46. The Labute approximate surface area is 66.0 Å². The van der Waals surface area contributed by atoms with Crippen molar-refractivity contribution in [1.82, 2.24) is 10.3 Å². The predicted octanol–water partition coefficient (Wildman–Crippen LogP) is 0.119. The number of rotatable bonds is 1. The van der Waals surface area contributed by atoms with Gasteiger partial charge in [0.2, 0.25) is 0 Å². The Bertz CT molecular complexity index is 228. The highest BCUT2D eigenvalue weighted by molar-refractivity contribution is 5.27. The molecule has 3 heteroatoms. The maximum absolute atomic E-state index is 5.51. The normalized spacial score (nSPS) is 16.5. The van der Waals surface area contributed by atoms with Gasteiger partial charge in [0.15, 0.2) is 0 Å². The Hall–Kier alpha value is -0.800. The Morgan fingerprint density at radius 1 is 1.55 bits per heavy atom. The highest BCUT2D eigenvalue weighted by atomic mass is 14.9. The first-order valence-electron chi connectivity index (χ1n) is 4.00. The lowest BCUT2D eigenvalue weighted by atomic mass is 10.1. The SMILES string of the molecule is NCc1cc2c([nH]1)CNCC2. The summed E-state index contributed by atoms with van der Waals surface area (Å²) >= 11 is 0. The molecule has 1 aromatic rings. The largest absolute Gasteiger partial charge is 0.360 e. The average molecular weight is 151 g/mol. The molecule has 0 saturated carbocycles. The maximum Gasteiger partial charge on any atom is 0.0360 e. The first-order chi connectivity index (χ1) is 5.40. The molecular formula is C8H13N3. The van der Waals surface area contributed by atoms with Gasteiger partial charge in [0, 0.05) is 24.5 Å². The molecule has 60 valence electrons. The van der Waals surface area contributed by atoms with Crippen molar-refractivity contribution in [2.24, 2.45) is 5.73 Å². The van der Waals surface area contributed by atoms with Crippen LogP contribution in [0.5, 0.6) is 0 Å². The molecule has 4 N–H and O–H groups in total. The summed E-state index contributed by atoms with van der Waals surface area (Å²) in [5, 5.41) is 3.31. The van der Waals surface area contributed by atoms with Gasteiger partial charge in [0.25, 0.3) is 0 Å². The minimum atomic E-state index is 0.618. The third kappa shape index (κ3) is 1.17. The number of fused-ring (bicyclic) bond motifs is 1. The lowest BCUT2D eigenvalue weighted by molar-refractivity contribution is 0.634. The van der Waals surface area contributed by atoms with E-state index in [1.54, 1.807) is 0 Å². The van der Waals surface area contributed by atoms with Gasteiger partial charge in [0.05, 0.1) is 0 Å². The summed E-state index contributed by atoms with van der Waals surface area (Å²) in [4.78, 5) is 3.30. The van der Waals surface area contributed by atoms with Crippen LogP contribution in [0.3, 0.4) is 0 Å². The van der Waals surface area contributed by atoms with Gasteiger partial charge in [-0.15, -0.1) is 0 Å². The molecule has 0 radical (unpaired) electrons. The summed E-state index contributed by atoms with van der Waals surface area (Å²) in [6.45, 7) is 2.68. The van der Waals surface area contributed by atoms with Crippen LogP contribution in [0.4, 0.5) is 0 Å². The van der Waals surface area contributed by atoms with Crippen LogP contribution in [0.2, 0.25) is 0 Å². The Morgan fingerprint density at radius 2 is 2.45 bits per heavy atom. The molecule has 0 bridgehead atoms. The van der Waals surface area contributed by atoms with Crippen molar-refractivity contribution in [1.29, 1.82) is 0 Å². The lowest BCUT2D eigenvalue weighted by Crippen LogP contribution is -2.22. The highest BCUT2D eigenvalue weighted by Gasteiger charge is 2.10. The van der Waals surface area contributed by atoms with Gasteiger partial charge in [0.1, 0.15) is 0 Å². The topological polar surface area (TPSA) is 53.8 Å². The van der Waals surface area contributed by atoms with Crippen molar-refractivity contribution in [2.45, 2.75) is 19.5 Å². The number of nitrogens with one attached hydrogen (secondary N) is 2. The standard InChI is InChI=1S/C8H13N3/c9-4-7-3-6-1-2-10-5-8(6)11-7/h3,10-11H,1-2,4-5,9H2. The zero-order valence-electron chi connectivity index (χ0n) is 6.48. The number of hydrogen-bond donors (Lipinski definition) is 3. The number of aromatic nitrogens is 1. The van der Waals surface area contributed by atoms with Gasteiger partial charge in [-0.3, -0.25) is 0 Å². The zero-order valence-corrected chi connectivity index (χ0v) is 6.48. The van der Waals surface area contributed by atoms with Gasteiger partial charge in [-0.2, -0.15) is 0 Å². The number of nitrogens with two attached hydrogens (primary N) is 1. The fourth-order valence-electron chi connectivity index (χ4n) is 1.53. The van der Waals surface area contributed by atoms with Gasteiger partial charge < -0.3 is 16.0 Å². The summed E-state index contributed by atoms with van der Waals surface area (Å²) in [5.41, 5.74) is 9.41. The van der Waals surface area contributed by atoms with Crippen molar-refractivity contribution in [3.8, 4) is 0 Å². The molecule has 1 aliphatic rings. The minimum absolute atomic E-state index is 0.618. The van der Waals surface area contributed by atoms with Crippen LogP contribution in [0.25, 0.3) is 0 Å². The van der Waals surface area contributed by atoms with E-state index in [9.17, 15) is 0 Å². The number of H-pyrrole nitrogens is 1. The molecule has 0 fully saturated rings. The van der Waals surface area contributed by atoms with Crippen LogP contribution in [0, 0.1) is 0 Å². The molecule has 0 unspecified atom stereocenters. The molecule has 1 aromatic heterocycles. The molecule has 0 spiro atoms. The third-order valence-electron chi connectivity index (χ3n) is 2.14. The van der Waals surface area contributed by atoms with Crippen LogP contribution < -0.4 is 11.1 Å². The van der Waals surface area contributed by atoms with E-state index in [0.717, 1.165) is 25.2 Å². The molecule has 0 aliphatic carbocycles. The van der Waals surface area contributed by atoms with E-state index in [2.05, 4.69) is 16.4 Å². The lowest BCUT2D eigenvalue weighted by Gasteiger charge is -2.11. The second kappa shape index (κ2) is 2.68. The third-order valence-corrected chi connectivity index (χ3v) is 2.14. The van der Waals surface area contributed by atoms with Gasteiger partial charge in [-0.1, -0.05) is 0 Å². The van der Waals surface area contributed by atoms with E-state index >= 15 is 0 Å². The van der Waals surface area contributed by atoms with E-state index in [-0.39, 0.29) is 0 Å². The fourth-order valence-corrected chi connectivity index (χ4v) is 1.53. The molecular weight excluding hydrogens is 138 g/mol. The van der Waals surface area contributed by atoms with Crippen molar-refractivity contribution in [2.75, 3.05) is 6.54 Å². The zero-order chi connectivity index (χ0) is 7.68. The summed E-state index contributed by atoms with van der Waals surface area (Å²) < 4.78 is 0. The van der Waals surface area contributed by atoms with Crippen molar-refractivity contribution in [3.63, 3.8) is 0 Å². The van der Waals surface area contributed by atoms with Crippen molar-refractivity contribution in [3.05, 3.63) is 23.0 Å². The molecule has 0 aromatic carbocycles. The summed E-state index contributed by atoms with van der Waals surface area (Å²) in [6.07, 6.45) is 1.13. The van der Waals surface area contributed by atoms with Gasteiger partial charge in [-0.05, 0) is 24.6 Å². The van der Waals surface area contributed by atoms with E-state index in [4.69, 9.17) is 5.73 Å². The molecule has 2 heterocycles. The summed E-state index contributed by atoms with van der Waals surface area (Å²) in [7, 11) is 0. The number of aromatic amines is 1. The predicted molar refractivity (Wildman–Crippen MR) is 44.1 cm³/mol. The Balaban J connectivity index is 2.32. The van der Waals surface area contributed by atoms with Crippen molar-refractivity contribution < 1.29 is 0 Å². The Morgan fingerprint density at radius 3 is 3.18 bits per heavy atom. The molecule has 0 amide bonds. The summed E-state index contributed by atoms with van der Waals surface area (Å²) in [6, 6.07) is 2.18. The van der Waals surface area contributed by atoms with Crippen LogP contribution in [-0.4, -0.2) is 11.5 Å². The molecule has 11 heavy (non-hydrogen) atoms. The molecule has 2 rings (SSSR count). The Kier molecular flexibility index (Phi) is 1.68. The van der Waals surface area contributed by atoms with E-state index in [1.165, 1.54) is 11.3 Å². The van der Waals surface area contributed by atoms with Crippen LogP contribution in [-0.2, 0) is 19.5 Å². The maximum atomic E-state index is 5.51. The van der Waals surface area contributed by atoms with Crippen LogP contribution in [0.1, 0.15) is 17.0 Å². The monoisotopic (exact) mass is 151 g/mol. The van der Waals surface area contributed by atoms with Crippen LogP contribution in [0.15, 0.2) is 6.07 Å². The van der Waals surface area contributed by atoms with Crippen molar-refractivity contribution >= 4 is 0 Å². The molecule has 1 aliphatic heterocycles. The highest BCUT2D eigenvalue weighted by Crippen LogP contribution is 2.13. The summed E-state index contributed by atoms with van der Waals surface area (Å²) in [5.74, 6) is 0. The second-order valence-corrected chi connectivity index (χ2v) is 2.93. The molecule has 0 atom stereocenters. The van der Waals surface area contributed by atoms with E-state index in [0.29, 0.717) is 6.54 Å². The van der Waals surface area contributed by atoms with Gasteiger partial charge >= 0.3 is 0 Å². The smallest absolute Gasteiger partial charge is 0.0360 e.